The Morgan fingerprint density at radius 3 is 2.51 bits per heavy atom. The molecule has 3 aromatic rings. The zero-order chi connectivity index (χ0) is 31.5. The number of esters is 1. The number of carbonyl (C=O) groups excluding carboxylic acids is 1. The molecule has 0 bridgehead atoms. The molecule has 4 N–H and O–H groups in total. The van der Waals surface area contributed by atoms with Crippen LogP contribution >= 0.6 is 22.9 Å². The van der Waals surface area contributed by atoms with Crippen LogP contribution in [0.25, 0.3) is 10.4 Å². The number of benzene rings is 2. The van der Waals surface area contributed by atoms with E-state index in [1.54, 1.807) is 45.0 Å². The average molecular weight is 654 g/mol. The summed E-state index contributed by atoms with van der Waals surface area (Å²) in [5.41, 5.74) is 6.70. The number of hydrogen-bond donors (Lipinski definition) is 3. The number of halogens is 2. The minimum Gasteiger partial charge on any atom is -0.479 e. The Hall–Kier alpha value is -3.39. The second kappa shape index (κ2) is 13.1. The molecule has 10 nitrogen and oxygen atoms in total. The zero-order valence-corrected chi connectivity index (χ0v) is 26.2. The Bertz CT molecular complexity index is 1610. The summed E-state index contributed by atoms with van der Waals surface area (Å²) in [6, 6.07) is 10.8. The molecule has 1 aliphatic rings. The summed E-state index contributed by atoms with van der Waals surface area (Å²) in [4.78, 5) is 24.4. The van der Waals surface area contributed by atoms with E-state index in [4.69, 9.17) is 31.9 Å². The molecule has 1 fully saturated rings. The fourth-order valence-electron chi connectivity index (χ4n) is 4.56. The van der Waals surface area contributed by atoms with Gasteiger partial charge in [-0.15, -0.1) is 11.3 Å². The molecular weight excluding hydrogens is 621 g/mol. The van der Waals surface area contributed by atoms with Crippen LogP contribution in [-0.2, 0) is 25.3 Å². The van der Waals surface area contributed by atoms with Gasteiger partial charge in [-0.1, -0.05) is 29.8 Å². The number of carbonyl (C=O) groups is 2. The van der Waals surface area contributed by atoms with Crippen molar-refractivity contribution in [1.29, 1.82) is 0 Å². The van der Waals surface area contributed by atoms with E-state index in [-0.39, 0.29) is 46.2 Å². The lowest BCUT2D eigenvalue weighted by Crippen LogP contribution is -2.42. The highest BCUT2D eigenvalue weighted by Gasteiger charge is 2.31. The highest BCUT2D eigenvalue weighted by molar-refractivity contribution is 7.88. The molecule has 0 saturated carbocycles. The Balaban J connectivity index is 1.51. The van der Waals surface area contributed by atoms with Gasteiger partial charge in [0.15, 0.2) is 17.2 Å². The maximum absolute atomic E-state index is 14.9. The molecule has 1 aromatic heterocycles. The number of nitrogen functional groups attached to an aromatic ring is 1. The molecule has 0 spiro atoms. The van der Waals surface area contributed by atoms with Crippen molar-refractivity contribution in [3.05, 3.63) is 63.7 Å². The van der Waals surface area contributed by atoms with E-state index < -0.39 is 40.0 Å². The second-order valence-corrected chi connectivity index (χ2v) is 14.5. The average Bonchev–Trinajstić information content (AvgIpc) is 3.24. The number of thiophene rings is 1. The largest absolute Gasteiger partial charge is 0.479 e. The van der Waals surface area contributed by atoms with Crippen LogP contribution in [0, 0.1) is 5.82 Å². The Labute approximate surface area is 258 Å². The molecule has 43 heavy (non-hydrogen) atoms. The van der Waals surface area contributed by atoms with Crippen LogP contribution in [-0.4, -0.2) is 61.1 Å². The van der Waals surface area contributed by atoms with Crippen molar-refractivity contribution in [3.63, 3.8) is 0 Å². The third kappa shape index (κ3) is 8.37. The Kier molecular flexibility index (Phi) is 9.90. The highest BCUT2D eigenvalue weighted by atomic mass is 35.5. The van der Waals surface area contributed by atoms with E-state index in [2.05, 4.69) is 5.32 Å². The summed E-state index contributed by atoms with van der Waals surface area (Å²) in [6.45, 7) is 4.88. The highest BCUT2D eigenvalue weighted by Crippen LogP contribution is 2.46. The lowest BCUT2D eigenvalue weighted by molar-refractivity contribution is -0.139. The van der Waals surface area contributed by atoms with Crippen molar-refractivity contribution in [2.45, 2.75) is 51.0 Å². The third-order valence-corrected chi connectivity index (χ3v) is 9.99. The van der Waals surface area contributed by atoms with Crippen LogP contribution in [0.3, 0.4) is 0 Å². The molecular formula is C29H33ClFN3O7S2. The number of nitrogens with zero attached hydrogens (tertiary/aromatic N) is 1. The van der Waals surface area contributed by atoms with Gasteiger partial charge in [0.05, 0.1) is 16.3 Å². The Morgan fingerprint density at radius 2 is 1.88 bits per heavy atom. The minimum atomic E-state index is -3.56. The maximum Gasteiger partial charge on any atom is 0.352 e. The van der Waals surface area contributed by atoms with Crippen LogP contribution in [0.2, 0.25) is 5.02 Å². The van der Waals surface area contributed by atoms with E-state index in [0.29, 0.717) is 34.5 Å². The van der Waals surface area contributed by atoms with Gasteiger partial charge in [0.25, 0.3) is 0 Å². The predicted molar refractivity (Wildman–Crippen MR) is 165 cm³/mol. The molecule has 2 aromatic carbocycles. The van der Waals surface area contributed by atoms with Crippen molar-refractivity contribution >= 4 is 56.3 Å². The number of carboxylic acids is 1. The van der Waals surface area contributed by atoms with E-state index >= 15 is 0 Å². The summed E-state index contributed by atoms with van der Waals surface area (Å²) in [5, 5.41) is 12.3. The van der Waals surface area contributed by atoms with Crippen LogP contribution in [0.5, 0.6) is 5.75 Å². The number of piperidine rings is 1. The summed E-state index contributed by atoms with van der Waals surface area (Å²) < 4.78 is 53.1. The fourth-order valence-corrected chi connectivity index (χ4v) is 7.55. The van der Waals surface area contributed by atoms with Crippen molar-refractivity contribution < 1.29 is 37.0 Å². The number of rotatable bonds is 10. The van der Waals surface area contributed by atoms with Gasteiger partial charge in [-0.3, -0.25) is 0 Å². The molecule has 0 unspecified atom stereocenters. The molecule has 0 aliphatic carbocycles. The van der Waals surface area contributed by atoms with Gasteiger partial charge in [-0.2, -0.15) is 0 Å². The molecule has 0 atom stereocenters. The number of anilines is 2. The number of nitrogens with two attached hydrogens (primary N) is 1. The second-order valence-electron chi connectivity index (χ2n) is 11.1. The lowest BCUT2D eigenvalue weighted by Gasteiger charge is -2.32. The number of nitrogens with one attached hydrogen (secondary N) is 1. The molecule has 14 heteroatoms. The van der Waals surface area contributed by atoms with E-state index in [0.717, 1.165) is 11.3 Å². The maximum atomic E-state index is 14.9. The first kappa shape index (κ1) is 32.5. The van der Waals surface area contributed by atoms with Crippen LogP contribution in [0.4, 0.5) is 15.8 Å². The standard InChI is InChI=1S/C29H33ClFN3O7S2/c1-29(2,3)41-28(37)27-25(40-15-23(35)36)24(30)26(42-27)18-7-8-21(31)22(14-18)33-20-9-11-34(12-10-20)43(38,39)16-17-5-4-6-19(32)13-17/h4-8,13-14,20,33H,9-12,15-16,32H2,1-3H3,(H,35,36). The SMILES string of the molecule is CC(C)(C)OC(=O)c1sc(-c2ccc(F)c(NC3CCN(S(=O)(=O)Cc4cccc(N)c4)CC3)c2)c(Cl)c1OCC(=O)O. The van der Waals surface area contributed by atoms with Gasteiger partial charge in [-0.05, 0) is 69.0 Å². The van der Waals surface area contributed by atoms with Gasteiger partial charge in [0, 0.05) is 24.8 Å². The topological polar surface area (TPSA) is 148 Å². The molecule has 2 heterocycles. The number of ether oxygens (including phenoxy) is 2. The van der Waals surface area contributed by atoms with Gasteiger partial charge >= 0.3 is 11.9 Å². The minimum absolute atomic E-state index is 0.00311. The first-order valence-electron chi connectivity index (χ1n) is 13.4. The van der Waals surface area contributed by atoms with Crippen LogP contribution in [0.15, 0.2) is 42.5 Å². The van der Waals surface area contributed by atoms with E-state index in [1.807, 2.05) is 0 Å². The van der Waals surface area contributed by atoms with Crippen molar-refractivity contribution in [3.8, 4) is 16.2 Å². The van der Waals surface area contributed by atoms with Gasteiger partial charge in [-0.25, -0.2) is 26.7 Å². The summed E-state index contributed by atoms with van der Waals surface area (Å²) >= 11 is 7.52. The first-order valence-corrected chi connectivity index (χ1v) is 16.2. The Morgan fingerprint density at radius 1 is 1.19 bits per heavy atom. The summed E-state index contributed by atoms with van der Waals surface area (Å²) in [7, 11) is -3.56. The number of carboxylic acid groups (broad SMARTS) is 1. The van der Waals surface area contributed by atoms with Gasteiger partial charge in [0.2, 0.25) is 10.0 Å². The first-order chi connectivity index (χ1) is 20.1. The molecule has 232 valence electrons. The lowest BCUT2D eigenvalue weighted by atomic mass is 10.1. The van der Waals surface area contributed by atoms with Crippen LogP contribution < -0.4 is 15.8 Å². The molecule has 4 rings (SSSR count). The number of aliphatic carboxylic acids is 1. The number of hydrogen-bond acceptors (Lipinski definition) is 9. The molecule has 0 amide bonds. The normalized spacial score (nSPS) is 14.8. The van der Waals surface area contributed by atoms with Crippen molar-refractivity contribution in [2.75, 3.05) is 30.7 Å². The zero-order valence-electron chi connectivity index (χ0n) is 23.9. The predicted octanol–water partition coefficient (Wildman–Crippen LogP) is 5.61. The van der Waals surface area contributed by atoms with E-state index in [9.17, 15) is 22.4 Å². The van der Waals surface area contributed by atoms with Crippen molar-refractivity contribution in [1.82, 2.24) is 4.31 Å². The summed E-state index contributed by atoms with van der Waals surface area (Å²) in [5.74, 6) is -2.79. The summed E-state index contributed by atoms with van der Waals surface area (Å²) in [6.07, 6.45) is 0.908. The molecule has 0 radical (unpaired) electrons. The van der Waals surface area contributed by atoms with Gasteiger partial charge in [0.1, 0.15) is 16.4 Å². The smallest absolute Gasteiger partial charge is 0.352 e. The molecule has 1 saturated heterocycles. The quantitative estimate of drug-likeness (QED) is 0.187. The third-order valence-electron chi connectivity index (χ3n) is 6.47. The monoisotopic (exact) mass is 653 g/mol. The van der Waals surface area contributed by atoms with Crippen LogP contribution in [0.1, 0.15) is 48.8 Å². The van der Waals surface area contributed by atoms with E-state index in [1.165, 1.54) is 22.5 Å². The molecule has 1 aliphatic heterocycles. The van der Waals surface area contributed by atoms with Gasteiger partial charge < -0.3 is 25.6 Å². The van der Waals surface area contributed by atoms with Crippen molar-refractivity contribution in [2.24, 2.45) is 0 Å². The fraction of sp³-hybridized carbons (Fsp3) is 0.379. The number of sulfonamides is 1.